The second-order valence-electron chi connectivity index (χ2n) is 5.18. The molecule has 0 aliphatic carbocycles. The maximum absolute atomic E-state index is 6.01. The van der Waals surface area contributed by atoms with Crippen molar-refractivity contribution in [3.63, 3.8) is 0 Å². The van der Waals surface area contributed by atoms with Crippen LogP contribution in [0.5, 0.6) is 0 Å². The minimum Gasteiger partial charge on any atom is -0.310 e. The first-order valence-corrected chi connectivity index (χ1v) is 7.19. The monoisotopic (exact) mass is 286 g/mol. The van der Waals surface area contributed by atoms with Crippen LogP contribution in [0.25, 0.3) is 0 Å². The Morgan fingerprint density at radius 1 is 1.33 bits per heavy atom. The van der Waals surface area contributed by atoms with E-state index in [4.69, 9.17) is 23.2 Å². The zero-order valence-electron chi connectivity index (χ0n) is 10.9. The van der Waals surface area contributed by atoms with Gasteiger partial charge in [0.2, 0.25) is 0 Å². The Kier molecular flexibility index (Phi) is 4.91. The van der Waals surface area contributed by atoms with Crippen molar-refractivity contribution in [2.75, 3.05) is 13.6 Å². The van der Waals surface area contributed by atoms with Gasteiger partial charge in [-0.1, -0.05) is 29.3 Å². The van der Waals surface area contributed by atoms with E-state index >= 15 is 0 Å². The summed E-state index contributed by atoms with van der Waals surface area (Å²) in [5.74, 6) is 0. The molecular weight excluding hydrogens is 267 g/mol. The van der Waals surface area contributed by atoms with Crippen LogP contribution < -0.4 is 5.32 Å². The molecule has 0 amide bonds. The summed E-state index contributed by atoms with van der Waals surface area (Å²) < 4.78 is 0. The quantitative estimate of drug-likeness (QED) is 0.914. The van der Waals surface area contributed by atoms with Gasteiger partial charge in [0.15, 0.2) is 0 Å². The zero-order valence-corrected chi connectivity index (χ0v) is 12.4. The summed E-state index contributed by atoms with van der Waals surface area (Å²) in [4.78, 5) is 2.41. The lowest BCUT2D eigenvalue weighted by molar-refractivity contribution is 0.168. The smallest absolute Gasteiger partial charge is 0.0595 e. The van der Waals surface area contributed by atoms with Crippen LogP contribution in [0.15, 0.2) is 18.2 Å². The first-order valence-electron chi connectivity index (χ1n) is 6.44. The van der Waals surface area contributed by atoms with Crippen LogP contribution in [-0.4, -0.2) is 30.6 Å². The first kappa shape index (κ1) is 14.1. The largest absolute Gasteiger partial charge is 0.310 e. The molecule has 2 rings (SSSR count). The molecule has 1 heterocycles. The molecule has 0 bridgehead atoms. The van der Waals surface area contributed by atoms with Gasteiger partial charge >= 0.3 is 0 Å². The Morgan fingerprint density at radius 3 is 2.78 bits per heavy atom. The van der Waals surface area contributed by atoms with E-state index in [0.29, 0.717) is 22.1 Å². The van der Waals surface area contributed by atoms with Crippen LogP contribution in [-0.2, 0) is 6.54 Å². The van der Waals surface area contributed by atoms with Gasteiger partial charge in [-0.3, -0.25) is 0 Å². The number of likely N-dealkylation sites (tertiary alicyclic amines) is 1. The van der Waals surface area contributed by atoms with Crippen molar-refractivity contribution in [2.24, 2.45) is 0 Å². The minimum absolute atomic E-state index is 0.602. The Bertz CT molecular complexity index is 409. The van der Waals surface area contributed by atoms with E-state index in [1.807, 2.05) is 18.2 Å². The standard InChI is InChI=1S/C14H20Cl2N2/c1-10-7-12(5-6-18(10)2)17-9-11-3-4-13(15)14(16)8-11/h3-4,8,10,12,17H,5-7,9H2,1-2H3. The van der Waals surface area contributed by atoms with Crippen LogP contribution in [0.4, 0.5) is 0 Å². The van der Waals surface area contributed by atoms with Crippen LogP contribution in [0, 0.1) is 0 Å². The Hall–Kier alpha value is -0.280. The zero-order chi connectivity index (χ0) is 13.1. The molecule has 2 unspecified atom stereocenters. The molecule has 1 N–H and O–H groups in total. The number of nitrogens with zero attached hydrogens (tertiary/aromatic N) is 1. The van der Waals surface area contributed by atoms with Crippen LogP contribution in [0.2, 0.25) is 10.0 Å². The van der Waals surface area contributed by atoms with Crippen LogP contribution >= 0.6 is 23.2 Å². The van der Waals surface area contributed by atoms with E-state index in [1.165, 1.54) is 24.9 Å². The van der Waals surface area contributed by atoms with Gasteiger partial charge in [-0.15, -0.1) is 0 Å². The molecule has 1 aromatic carbocycles. The number of halogens is 2. The topological polar surface area (TPSA) is 15.3 Å². The highest BCUT2D eigenvalue weighted by molar-refractivity contribution is 6.42. The van der Waals surface area contributed by atoms with Gasteiger partial charge in [0.1, 0.15) is 0 Å². The Labute approximate surface area is 119 Å². The molecule has 0 spiro atoms. The van der Waals surface area contributed by atoms with Gasteiger partial charge in [0.05, 0.1) is 10.0 Å². The number of piperidine rings is 1. The molecule has 1 fully saturated rings. The maximum Gasteiger partial charge on any atom is 0.0595 e. The highest BCUT2D eigenvalue weighted by atomic mass is 35.5. The van der Waals surface area contributed by atoms with Crippen LogP contribution in [0.1, 0.15) is 25.3 Å². The average Bonchev–Trinajstić information content (AvgIpc) is 2.35. The third kappa shape index (κ3) is 3.61. The summed E-state index contributed by atoms with van der Waals surface area (Å²) in [5.41, 5.74) is 1.19. The molecule has 1 aromatic rings. The number of benzene rings is 1. The van der Waals surface area contributed by atoms with Crippen molar-refractivity contribution >= 4 is 23.2 Å². The lowest BCUT2D eigenvalue weighted by Crippen LogP contribution is -2.45. The lowest BCUT2D eigenvalue weighted by Gasteiger charge is -2.35. The second-order valence-corrected chi connectivity index (χ2v) is 5.99. The van der Waals surface area contributed by atoms with E-state index in [-0.39, 0.29) is 0 Å². The number of hydrogen-bond acceptors (Lipinski definition) is 2. The summed E-state index contributed by atoms with van der Waals surface area (Å²) in [6, 6.07) is 7.09. The molecule has 18 heavy (non-hydrogen) atoms. The highest BCUT2D eigenvalue weighted by Gasteiger charge is 2.22. The minimum atomic E-state index is 0.602. The Balaban J connectivity index is 1.86. The van der Waals surface area contributed by atoms with E-state index in [2.05, 4.69) is 24.2 Å². The SMILES string of the molecule is CC1CC(NCc2ccc(Cl)c(Cl)c2)CCN1C. The van der Waals surface area contributed by atoms with E-state index < -0.39 is 0 Å². The predicted molar refractivity (Wildman–Crippen MR) is 78.4 cm³/mol. The van der Waals surface area contributed by atoms with Gasteiger partial charge in [-0.25, -0.2) is 0 Å². The fourth-order valence-corrected chi connectivity index (χ4v) is 2.71. The van der Waals surface area contributed by atoms with Gasteiger partial charge in [-0.2, -0.15) is 0 Å². The molecule has 1 aliphatic heterocycles. The summed E-state index contributed by atoms with van der Waals surface area (Å²) in [7, 11) is 2.19. The number of hydrogen-bond donors (Lipinski definition) is 1. The molecule has 0 radical (unpaired) electrons. The van der Waals surface area contributed by atoms with Crippen molar-refractivity contribution in [1.82, 2.24) is 10.2 Å². The van der Waals surface area contributed by atoms with Crippen molar-refractivity contribution in [2.45, 2.75) is 38.4 Å². The number of nitrogens with one attached hydrogen (secondary N) is 1. The molecule has 0 aromatic heterocycles. The van der Waals surface area contributed by atoms with Crippen LogP contribution in [0.3, 0.4) is 0 Å². The van der Waals surface area contributed by atoms with E-state index in [9.17, 15) is 0 Å². The number of rotatable bonds is 3. The molecule has 100 valence electrons. The first-order chi connectivity index (χ1) is 8.56. The van der Waals surface area contributed by atoms with E-state index in [1.54, 1.807) is 0 Å². The van der Waals surface area contributed by atoms with Gasteiger partial charge in [-0.05, 0) is 51.1 Å². The second kappa shape index (κ2) is 6.25. The Morgan fingerprint density at radius 2 is 2.11 bits per heavy atom. The molecule has 1 aliphatic rings. The summed E-state index contributed by atoms with van der Waals surface area (Å²) >= 11 is 11.9. The third-order valence-electron chi connectivity index (χ3n) is 3.79. The summed E-state index contributed by atoms with van der Waals surface area (Å²) in [6.07, 6.45) is 2.42. The van der Waals surface area contributed by atoms with Gasteiger partial charge in [0, 0.05) is 18.6 Å². The normalized spacial score (nSPS) is 25.3. The van der Waals surface area contributed by atoms with Crippen molar-refractivity contribution in [3.8, 4) is 0 Å². The van der Waals surface area contributed by atoms with Crippen molar-refractivity contribution in [3.05, 3.63) is 33.8 Å². The highest BCUT2D eigenvalue weighted by Crippen LogP contribution is 2.23. The predicted octanol–water partition coefficient (Wildman–Crippen LogP) is 3.57. The molecule has 2 atom stereocenters. The fourth-order valence-electron chi connectivity index (χ4n) is 2.39. The molecule has 0 saturated carbocycles. The molecule has 1 saturated heterocycles. The summed E-state index contributed by atoms with van der Waals surface area (Å²) in [6.45, 7) is 4.31. The average molecular weight is 287 g/mol. The van der Waals surface area contributed by atoms with E-state index in [0.717, 1.165) is 6.54 Å². The van der Waals surface area contributed by atoms with Crippen molar-refractivity contribution in [1.29, 1.82) is 0 Å². The maximum atomic E-state index is 6.01. The lowest BCUT2D eigenvalue weighted by atomic mass is 9.99. The fraction of sp³-hybridized carbons (Fsp3) is 0.571. The molecule has 2 nitrogen and oxygen atoms in total. The summed E-state index contributed by atoms with van der Waals surface area (Å²) in [5, 5.41) is 4.86. The third-order valence-corrected chi connectivity index (χ3v) is 4.53. The van der Waals surface area contributed by atoms with Gasteiger partial charge in [0.25, 0.3) is 0 Å². The molecule has 4 heteroatoms. The van der Waals surface area contributed by atoms with Gasteiger partial charge < -0.3 is 10.2 Å². The molecular formula is C14H20Cl2N2. The van der Waals surface area contributed by atoms with Crippen molar-refractivity contribution < 1.29 is 0 Å².